The van der Waals surface area contributed by atoms with E-state index < -0.39 is 28.4 Å². The van der Waals surface area contributed by atoms with Crippen molar-refractivity contribution >= 4 is 28.5 Å². The maximum absolute atomic E-state index is 15.1. The fourth-order valence-electron chi connectivity index (χ4n) is 12.9. The number of carbonyl (C=O) groups is 2. The predicted molar refractivity (Wildman–Crippen MR) is 203 cm³/mol. The summed E-state index contributed by atoms with van der Waals surface area (Å²) < 4.78 is 17.8. The average molecular weight is 723 g/mol. The summed E-state index contributed by atoms with van der Waals surface area (Å²) in [6.07, 6.45) is 7.70. The van der Waals surface area contributed by atoms with Gasteiger partial charge in [0.15, 0.2) is 5.60 Å². The van der Waals surface area contributed by atoms with Gasteiger partial charge in [-0.15, -0.1) is 0 Å². The van der Waals surface area contributed by atoms with Crippen molar-refractivity contribution in [3.8, 4) is 5.75 Å². The zero-order valence-electron chi connectivity index (χ0n) is 32.1. The Balaban J connectivity index is 1.36. The highest BCUT2D eigenvalue weighted by Gasteiger charge is 2.75. The Bertz CT molecular complexity index is 2040. The molecule has 9 rings (SSSR count). The smallest absolute Gasteiger partial charge is 0.340 e. The summed E-state index contributed by atoms with van der Waals surface area (Å²) in [5.41, 5.74) is 3.26. The molecule has 1 aliphatic carbocycles. The molecule has 6 heterocycles. The molecule has 0 amide bonds. The lowest BCUT2D eigenvalue weighted by molar-refractivity contribution is -0.186. The lowest BCUT2D eigenvalue weighted by Gasteiger charge is -2.61. The molecular weight excluding hydrogens is 668 g/mol. The minimum Gasteiger partial charge on any atom is -0.496 e. The molecule has 1 aromatic heterocycles. The summed E-state index contributed by atoms with van der Waals surface area (Å²) >= 11 is 0. The van der Waals surface area contributed by atoms with Crippen LogP contribution in [-0.4, -0.2) is 111 Å². The zero-order valence-corrected chi connectivity index (χ0v) is 32.1. The molecule has 2 bridgehead atoms. The summed E-state index contributed by atoms with van der Waals surface area (Å²) in [4.78, 5) is 40.1. The summed E-state index contributed by atoms with van der Waals surface area (Å²) in [5.74, 6) is -0.220. The number of piperidine rings is 1. The van der Waals surface area contributed by atoms with Crippen LogP contribution in [-0.2, 0) is 36.3 Å². The van der Waals surface area contributed by atoms with Gasteiger partial charge in [0.1, 0.15) is 11.2 Å². The van der Waals surface area contributed by atoms with E-state index in [4.69, 9.17) is 14.2 Å². The van der Waals surface area contributed by atoms with Gasteiger partial charge in [-0.25, -0.2) is 4.79 Å². The van der Waals surface area contributed by atoms with Crippen molar-refractivity contribution in [1.82, 2.24) is 14.8 Å². The first-order chi connectivity index (χ1) is 25.5. The number of nitrogens with zero attached hydrogens (tertiary/aromatic N) is 3. The van der Waals surface area contributed by atoms with Gasteiger partial charge in [-0.1, -0.05) is 43.7 Å². The Kier molecular flexibility index (Phi) is 7.94. The number of aromatic nitrogens is 1. The van der Waals surface area contributed by atoms with Crippen LogP contribution >= 0.6 is 0 Å². The quantitative estimate of drug-likeness (QED) is 0.275. The van der Waals surface area contributed by atoms with Crippen LogP contribution in [0.25, 0.3) is 10.9 Å². The van der Waals surface area contributed by atoms with E-state index in [0.717, 1.165) is 104 Å². The number of aliphatic hydroxyl groups is 1. The van der Waals surface area contributed by atoms with E-state index in [2.05, 4.69) is 69.9 Å². The fraction of sp³-hybridized carbons (Fsp3) is 0.581. The number of nitrogens with one attached hydrogen (secondary N) is 1. The van der Waals surface area contributed by atoms with Crippen LogP contribution in [0.3, 0.4) is 0 Å². The van der Waals surface area contributed by atoms with Crippen LogP contribution in [0.2, 0.25) is 0 Å². The molecule has 1 unspecified atom stereocenters. The normalized spacial score (nSPS) is 35.9. The number of anilines is 1. The number of aromatic amines is 1. The van der Waals surface area contributed by atoms with E-state index in [1.54, 1.807) is 7.11 Å². The van der Waals surface area contributed by atoms with Crippen molar-refractivity contribution < 1.29 is 28.9 Å². The molecule has 10 nitrogen and oxygen atoms in total. The molecule has 2 saturated heterocycles. The van der Waals surface area contributed by atoms with Crippen molar-refractivity contribution in [2.75, 3.05) is 66.0 Å². The van der Waals surface area contributed by atoms with Gasteiger partial charge in [0.05, 0.1) is 27.4 Å². The second kappa shape index (κ2) is 12.1. The highest BCUT2D eigenvalue weighted by atomic mass is 16.5. The van der Waals surface area contributed by atoms with Gasteiger partial charge in [0.2, 0.25) is 0 Å². The van der Waals surface area contributed by atoms with Gasteiger partial charge >= 0.3 is 11.9 Å². The number of likely N-dealkylation sites (N-methyl/N-ethyl adjacent to an activating group) is 1. The number of esters is 2. The standard InChI is InChI=1S/C43H54N4O6/c1-7-26-19-27-22-42(38(48)52-5,35-29(13-17-46(23-26)24-27)28-11-8-9-12-32(28)44-35)31-20-30-33(21-34(31)51-4)45(3)37-41(30)15-18-47-16-10-14-40(2,36(41)47)25-43(37,50)39(49)53-6/h8-9,11-12,19-21,27,36-37,44,50H,7,10,13-18,22-25H2,1-6H3/t27-,36-,37+,40-,41+,42-,43+/m0/s1. The van der Waals surface area contributed by atoms with Crippen LogP contribution in [0.15, 0.2) is 48.0 Å². The van der Waals surface area contributed by atoms with E-state index in [1.807, 2.05) is 13.1 Å². The Morgan fingerprint density at radius 1 is 1.00 bits per heavy atom. The SMILES string of the molecule is CCC1=C[C@@H]2CN(CCc3c([nH]c4ccccc34)[C@@](C(=O)OC)(c3cc4c(cc3OC)N(C)[C@@H]3[C@]45CCN4CCC[C@@](C)(C[C@]3(O)C(=O)OC)[C@H]45)C2)C1. The summed E-state index contributed by atoms with van der Waals surface area (Å²) in [6, 6.07) is 12.2. The Morgan fingerprint density at radius 3 is 2.55 bits per heavy atom. The number of rotatable bonds is 5. The highest BCUT2D eigenvalue weighted by Crippen LogP contribution is 2.67. The maximum Gasteiger partial charge on any atom is 0.340 e. The molecule has 1 spiro atoms. The summed E-state index contributed by atoms with van der Waals surface area (Å²) in [7, 11) is 6.56. The molecular formula is C43H54N4O6. The lowest BCUT2D eigenvalue weighted by Crippen LogP contribution is -2.74. The first kappa shape index (κ1) is 34.9. The Hall–Kier alpha value is -3.86. The van der Waals surface area contributed by atoms with Gasteiger partial charge in [-0.3, -0.25) is 14.6 Å². The number of carbonyl (C=O) groups excluding carboxylic acids is 2. The number of hydrogen-bond acceptors (Lipinski definition) is 9. The Labute approximate surface area is 312 Å². The number of para-hydroxylation sites is 1. The van der Waals surface area contributed by atoms with Crippen molar-refractivity contribution in [3.05, 3.63) is 70.4 Å². The van der Waals surface area contributed by atoms with Gasteiger partial charge in [0.25, 0.3) is 0 Å². The highest BCUT2D eigenvalue weighted by molar-refractivity contribution is 5.94. The van der Waals surface area contributed by atoms with E-state index in [-0.39, 0.29) is 23.3 Å². The molecule has 0 radical (unpaired) electrons. The summed E-state index contributed by atoms with van der Waals surface area (Å²) in [5, 5.41) is 13.9. The minimum atomic E-state index is -1.73. The number of H-pyrrole nitrogens is 1. The van der Waals surface area contributed by atoms with Crippen LogP contribution in [0, 0.1) is 11.3 Å². The van der Waals surface area contributed by atoms with Crippen molar-refractivity contribution in [2.24, 2.45) is 11.3 Å². The minimum absolute atomic E-state index is 0.0874. The molecule has 3 fully saturated rings. The third-order valence-electron chi connectivity index (χ3n) is 14.6. The van der Waals surface area contributed by atoms with E-state index in [9.17, 15) is 9.90 Å². The summed E-state index contributed by atoms with van der Waals surface area (Å²) in [6.45, 7) is 9.03. The number of methoxy groups -OCH3 is 3. The molecule has 8 atom stereocenters. The molecule has 53 heavy (non-hydrogen) atoms. The maximum atomic E-state index is 15.1. The molecule has 5 aliphatic heterocycles. The second-order valence-corrected chi connectivity index (χ2v) is 17.2. The molecule has 2 N–H and O–H groups in total. The zero-order chi connectivity index (χ0) is 37.1. The average Bonchev–Trinajstić information content (AvgIpc) is 3.82. The van der Waals surface area contributed by atoms with Crippen LogP contribution in [0.5, 0.6) is 5.75 Å². The number of hydrogen-bond donors (Lipinski definition) is 2. The first-order valence-corrected chi connectivity index (χ1v) is 19.6. The first-order valence-electron chi connectivity index (χ1n) is 19.6. The molecule has 3 aromatic rings. The third-order valence-corrected chi connectivity index (χ3v) is 14.6. The molecule has 1 saturated carbocycles. The van der Waals surface area contributed by atoms with Crippen LogP contribution < -0.4 is 9.64 Å². The van der Waals surface area contributed by atoms with Crippen LogP contribution in [0.4, 0.5) is 5.69 Å². The van der Waals surface area contributed by atoms with E-state index in [1.165, 1.54) is 19.8 Å². The van der Waals surface area contributed by atoms with Gasteiger partial charge in [-0.2, -0.15) is 0 Å². The largest absolute Gasteiger partial charge is 0.496 e. The fourth-order valence-corrected chi connectivity index (χ4v) is 12.9. The molecule has 10 heteroatoms. The Morgan fingerprint density at radius 2 is 1.79 bits per heavy atom. The topological polar surface area (TPSA) is 108 Å². The van der Waals surface area contributed by atoms with Gasteiger partial charge in [0, 0.05) is 72.1 Å². The number of benzene rings is 2. The predicted octanol–water partition coefficient (Wildman–Crippen LogP) is 5.09. The van der Waals surface area contributed by atoms with Gasteiger partial charge < -0.3 is 29.2 Å². The third kappa shape index (κ3) is 4.55. The lowest BCUT2D eigenvalue weighted by atomic mass is 9.49. The van der Waals surface area contributed by atoms with Crippen molar-refractivity contribution in [3.63, 3.8) is 0 Å². The number of ether oxygens (including phenoxy) is 3. The van der Waals surface area contributed by atoms with E-state index in [0.29, 0.717) is 18.6 Å². The number of fused-ring (bicyclic) bond motifs is 6. The van der Waals surface area contributed by atoms with Crippen LogP contribution in [0.1, 0.15) is 74.8 Å². The van der Waals surface area contributed by atoms with Crippen molar-refractivity contribution in [2.45, 2.75) is 87.3 Å². The van der Waals surface area contributed by atoms with Gasteiger partial charge in [-0.05, 0) is 92.6 Å². The van der Waals surface area contributed by atoms with E-state index >= 15 is 4.79 Å². The molecule has 2 aromatic carbocycles. The monoisotopic (exact) mass is 722 g/mol. The van der Waals surface area contributed by atoms with Crippen molar-refractivity contribution in [1.29, 1.82) is 0 Å². The second-order valence-electron chi connectivity index (χ2n) is 17.2. The molecule has 6 aliphatic rings. The molecule has 282 valence electrons.